The molecule has 0 aromatic rings. The fraction of sp³-hybridized carbons (Fsp3) is 0.818. The number of hydrogen-bond donors (Lipinski definition) is 0. The molecule has 0 spiro atoms. The molecule has 1 saturated heterocycles. The number of rotatable bonds is 4. The Labute approximate surface area is 80.9 Å². The van der Waals surface area contributed by atoms with Crippen LogP contribution in [0.2, 0.25) is 0 Å². The maximum absolute atomic E-state index is 5.87. The fourth-order valence-electron chi connectivity index (χ4n) is 2.16. The Balaban J connectivity index is 2.60. The van der Waals surface area contributed by atoms with Crippen LogP contribution >= 0.6 is 0 Å². The topological polar surface area (TPSA) is 18.5 Å². The smallest absolute Gasteiger partial charge is 0.0886 e. The lowest BCUT2D eigenvalue weighted by Crippen LogP contribution is -2.27. The predicted molar refractivity (Wildman–Crippen MR) is 53.7 cm³/mol. The fourth-order valence-corrected chi connectivity index (χ4v) is 2.16. The van der Waals surface area contributed by atoms with Crippen LogP contribution in [0.15, 0.2) is 12.7 Å². The average molecular weight is 184 g/mol. The van der Waals surface area contributed by atoms with Crippen LogP contribution in [0.1, 0.15) is 26.7 Å². The summed E-state index contributed by atoms with van der Waals surface area (Å²) in [5, 5.41) is 0. The van der Waals surface area contributed by atoms with Crippen LogP contribution in [0.4, 0.5) is 0 Å². The van der Waals surface area contributed by atoms with Crippen LogP contribution < -0.4 is 0 Å². The lowest BCUT2D eigenvalue weighted by atomic mass is 9.96. The van der Waals surface area contributed by atoms with Gasteiger partial charge in [-0.1, -0.05) is 19.9 Å². The van der Waals surface area contributed by atoms with Crippen molar-refractivity contribution in [3.8, 4) is 0 Å². The monoisotopic (exact) mass is 184 g/mol. The predicted octanol–water partition coefficient (Wildman–Crippen LogP) is 2.39. The first-order valence-corrected chi connectivity index (χ1v) is 5.03. The number of methoxy groups -OCH3 is 1. The minimum atomic E-state index is 0.211. The summed E-state index contributed by atoms with van der Waals surface area (Å²) < 4.78 is 11.3. The molecule has 3 unspecified atom stereocenters. The highest BCUT2D eigenvalue weighted by Crippen LogP contribution is 2.32. The zero-order chi connectivity index (χ0) is 9.84. The van der Waals surface area contributed by atoms with Gasteiger partial charge in [0.15, 0.2) is 0 Å². The minimum Gasteiger partial charge on any atom is -0.378 e. The molecule has 1 rings (SSSR count). The molecular formula is C11H20O2. The van der Waals surface area contributed by atoms with Gasteiger partial charge in [0.25, 0.3) is 0 Å². The van der Waals surface area contributed by atoms with E-state index in [2.05, 4.69) is 20.4 Å². The molecule has 2 heteroatoms. The van der Waals surface area contributed by atoms with E-state index in [9.17, 15) is 0 Å². The zero-order valence-corrected chi connectivity index (χ0v) is 8.82. The highest BCUT2D eigenvalue weighted by molar-refractivity contribution is 4.91. The minimum absolute atomic E-state index is 0.211. The molecule has 1 fully saturated rings. The van der Waals surface area contributed by atoms with Crippen molar-refractivity contribution in [3.63, 3.8) is 0 Å². The molecule has 2 nitrogen and oxygen atoms in total. The van der Waals surface area contributed by atoms with E-state index in [1.165, 1.54) is 0 Å². The molecule has 0 aromatic carbocycles. The Morgan fingerprint density at radius 1 is 1.46 bits per heavy atom. The van der Waals surface area contributed by atoms with Crippen molar-refractivity contribution < 1.29 is 9.47 Å². The molecule has 0 aliphatic carbocycles. The molecule has 0 aromatic heterocycles. The van der Waals surface area contributed by atoms with Crippen molar-refractivity contribution in [2.24, 2.45) is 5.92 Å². The summed E-state index contributed by atoms with van der Waals surface area (Å²) in [6.45, 7) is 8.09. The lowest BCUT2D eigenvalue weighted by molar-refractivity contribution is -0.00403. The molecule has 1 aliphatic rings. The van der Waals surface area contributed by atoms with E-state index >= 15 is 0 Å². The summed E-state index contributed by atoms with van der Waals surface area (Å²) >= 11 is 0. The third-order valence-electron chi connectivity index (χ3n) is 2.89. The highest BCUT2D eigenvalue weighted by atomic mass is 16.6. The molecule has 4 atom stereocenters. The normalized spacial score (nSPS) is 39.3. The van der Waals surface area contributed by atoms with Crippen LogP contribution in [-0.2, 0) is 9.47 Å². The molecule has 0 amide bonds. The van der Waals surface area contributed by atoms with Gasteiger partial charge in [0.1, 0.15) is 0 Å². The van der Waals surface area contributed by atoms with Gasteiger partial charge in [0.05, 0.1) is 18.3 Å². The molecule has 1 aliphatic heterocycles. The largest absolute Gasteiger partial charge is 0.378 e. The molecule has 1 heterocycles. The van der Waals surface area contributed by atoms with Gasteiger partial charge in [-0.05, 0) is 12.8 Å². The molecule has 0 N–H and O–H groups in total. The van der Waals surface area contributed by atoms with Crippen molar-refractivity contribution in [1.29, 1.82) is 0 Å². The van der Waals surface area contributed by atoms with E-state index in [1.807, 2.05) is 6.08 Å². The van der Waals surface area contributed by atoms with Gasteiger partial charge in [0.2, 0.25) is 0 Å². The molecule has 13 heavy (non-hydrogen) atoms. The highest BCUT2D eigenvalue weighted by Gasteiger charge is 2.40. The Morgan fingerprint density at radius 2 is 2.15 bits per heavy atom. The summed E-state index contributed by atoms with van der Waals surface area (Å²) in [7, 11) is 1.76. The first kappa shape index (κ1) is 10.7. The van der Waals surface area contributed by atoms with Crippen molar-refractivity contribution in [1.82, 2.24) is 0 Å². The van der Waals surface area contributed by atoms with Gasteiger partial charge < -0.3 is 9.47 Å². The average Bonchev–Trinajstić information content (AvgIpc) is 2.43. The van der Waals surface area contributed by atoms with Crippen LogP contribution in [0.3, 0.4) is 0 Å². The quantitative estimate of drug-likeness (QED) is 0.625. The van der Waals surface area contributed by atoms with Gasteiger partial charge in [-0.2, -0.15) is 0 Å². The lowest BCUT2D eigenvalue weighted by Gasteiger charge is -2.18. The van der Waals surface area contributed by atoms with Gasteiger partial charge in [-0.25, -0.2) is 0 Å². The van der Waals surface area contributed by atoms with Crippen molar-refractivity contribution in [2.45, 2.75) is 45.0 Å². The van der Waals surface area contributed by atoms with Crippen molar-refractivity contribution in [3.05, 3.63) is 12.7 Å². The first-order chi connectivity index (χ1) is 6.24. The molecule has 76 valence electrons. The molecule has 0 saturated carbocycles. The van der Waals surface area contributed by atoms with Crippen LogP contribution in [0.5, 0.6) is 0 Å². The third kappa shape index (κ3) is 2.12. The Kier molecular flexibility index (Phi) is 3.94. The third-order valence-corrected chi connectivity index (χ3v) is 2.89. The maximum Gasteiger partial charge on any atom is 0.0886 e. The standard InChI is InChI=1S/C11H20O2/c1-5-7-10-11(12-4)8(3)9(6-2)13-10/h5,8-11H,1,6-7H2,2-4H3/t8-,9?,10?,11?/m0/s1. The van der Waals surface area contributed by atoms with E-state index in [0.717, 1.165) is 12.8 Å². The SMILES string of the molecule is C=CCC1OC(CC)[C@H](C)C1OC. The molecule has 0 bridgehead atoms. The number of hydrogen-bond acceptors (Lipinski definition) is 2. The Bertz CT molecular complexity index is 167. The summed E-state index contributed by atoms with van der Waals surface area (Å²) in [4.78, 5) is 0. The summed E-state index contributed by atoms with van der Waals surface area (Å²) in [6, 6.07) is 0. The van der Waals surface area contributed by atoms with Crippen molar-refractivity contribution >= 4 is 0 Å². The van der Waals surface area contributed by atoms with Gasteiger partial charge in [-0.3, -0.25) is 0 Å². The van der Waals surface area contributed by atoms with Crippen molar-refractivity contribution in [2.75, 3.05) is 7.11 Å². The second kappa shape index (κ2) is 4.77. The van der Waals surface area contributed by atoms with Crippen LogP contribution in [0, 0.1) is 5.92 Å². The Hall–Kier alpha value is -0.340. The van der Waals surface area contributed by atoms with Crippen LogP contribution in [-0.4, -0.2) is 25.4 Å². The zero-order valence-electron chi connectivity index (χ0n) is 8.82. The van der Waals surface area contributed by atoms with E-state index < -0.39 is 0 Å². The van der Waals surface area contributed by atoms with E-state index in [4.69, 9.17) is 9.47 Å². The van der Waals surface area contributed by atoms with Gasteiger partial charge in [0, 0.05) is 13.0 Å². The number of ether oxygens (including phenoxy) is 2. The first-order valence-electron chi connectivity index (χ1n) is 5.03. The van der Waals surface area contributed by atoms with E-state index in [0.29, 0.717) is 12.0 Å². The van der Waals surface area contributed by atoms with E-state index in [-0.39, 0.29) is 12.2 Å². The van der Waals surface area contributed by atoms with E-state index in [1.54, 1.807) is 7.11 Å². The summed E-state index contributed by atoms with van der Waals surface area (Å²) in [5.74, 6) is 0.500. The maximum atomic E-state index is 5.87. The molecule has 0 radical (unpaired) electrons. The summed E-state index contributed by atoms with van der Waals surface area (Å²) in [6.07, 6.45) is 4.66. The summed E-state index contributed by atoms with van der Waals surface area (Å²) in [5.41, 5.74) is 0. The van der Waals surface area contributed by atoms with Crippen LogP contribution in [0.25, 0.3) is 0 Å². The second-order valence-corrected chi connectivity index (χ2v) is 3.71. The van der Waals surface area contributed by atoms with Gasteiger partial charge in [-0.15, -0.1) is 6.58 Å². The van der Waals surface area contributed by atoms with Gasteiger partial charge >= 0.3 is 0 Å². The second-order valence-electron chi connectivity index (χ2n) is 3.71. The Morgan fingerprint density at radius 3 is 2.62 bits per heavy atom. The molecular weight excluding hydrogens is 164 g/mol.